The van der Waals surface area contributed by atoms with Crippen molar-refractivity contribution in [3.05, 3.63) is 23.9 Å². The molecule has 0 aliphatic carbocycles. The van der Waals surface area contributed by atoms with Crippen LogP contribution in [0, 0.1) is 0 Å². The quantitative estimate of drug-likeness (QED) is 0.408. The standard InChI is InChI=1S/C20H34N6O/c1-2-21-20(22-8-5-9-25-12-14-27-15-13-25)24-17-18-6-7-19(23-16-18)26-10-3-4-11-26/h6-7,16H,2-5,8-15,17H2,1H3,(H2,21,22,24). The first-order chi connectivity index (χ1) is 13.3. The molecule has 27 heavy (non-hydrogen) atoms. The molecular weight excluding hydrogens is 340 g/mol. The number of rotatable bonds is 8. The smallest absolute Gasteiger partial charge is 0.191 e. The largest absolute Gasteiger partial charge is 0.379 e. The Morgan fingerprint density at radius 3 is 2.67 bits per heavy atom. The molecule has 7 nitrogen and oxygen atoms in total. The lowest BCUT2D eigenvalue weighted by atomic mass is 10.3. The Bertz CT molecular complexity index is 564. The summed E-state index contributed by atoms with van der Waals surface area (Å²) in [5.41, 5.74) is 1.14. The number of morpholine rings is 1. The molecule has 2 N–H and O–H groups in total. The summed E-state index contributed by atoms with van der Waals surface area (Å²) in [5.74, 6) is 1.97. The summed E-state index contributed by atoms with van der Waals surface area (Å²) in [6.45, 7) is 11.7. The highest BCUT2D eigenvalue weighted by Crippen LogP contribution is 2.17. The maximum absolute atomic E-state index is 5.39. The van der Waals surface area contributed by atoms with Crippen LogP contribution in [0.4, 0.5) is 5.82 Å². The average Bonchev–Trinajstić information content (AvgIpc) is 3.25. The summed E-state index contributed by atoms with van der Waals surface area (Å²) in [5, 5.41) is 6.76. The van der Waals surface area contributed by atoms with Crippen molar-refractivity contribution in [1.29, 1.82) is 0 Å². The van der Waals surface area contributed by atoms with Crippen LogP contribution in [0.25, 0.3) is 0 Å². The first-order valence-corrected chi connectivity index (χ1v) is 10.4. The van der Waals surface area contributed by atoms with Crippen molar-refractivity contribution in [2.45, 2.75) is 32.7 Å². The third-order valence-electron chi connectivity index (χ3n) is 5.05. The van der Waals surface area contributed by atoms with Crippen LogP contribution in [0.1, 0.15) is 31.7 Å². The topological polar surface area (TPSA) is 65.0 Å². The van der Waals surface area contributed by atoms with E-state index in [1.54, 1.807) is 0 Å². The Hall–Kier alpha value is -1.86. The van der Waals surface area contributed by atoms with Crippen LogP contribution in [0.15, 0.2) is 23.3 Å². The molecule has 0 spiro atoms. The van der Waals surface area contributed by atoms with Gasteiger partial charge in [0.05, 0.1) is 19.8 Å². The molecule has 0 bridgehead atoms. The number of aromatic nitrogens is 1. The summed E-state index contributed by atoms with van der Waals surface area (Å²) in [7, 11) is 0. The number of nitrogens with zero attached hydrogens (tertiary/aromatic N) is 4. The molecule has 3 rings (SSSR count). The number of pyridine rings is 1. The van der Waals surface area contributed by atoms with E-state index in [1.807, 2.05) is 6.20 Å². The minimum atomic E-state index is 0.645. The number of anilines is 1. The maximum atomic E-state index is 5.39. The van der Waals surface area contributed by atoms with Gasteiger partial charge < -0.3 is 20.3 Å². The minimum Gasteiger partial charge on any atom is -0.379 e. The maximum Gasteiger partial charge on any atom is 0.191 e. The van der Waals surface area contributed by atoms with E-state index in [2.05, 4.69) is 44.5 Å². The lowest BCUT2D eigenvalue weighted by molar-refractivity contribution is 0.0376. The third-order valence-corrected chi connectivity index (χ3v) is 5.05. The number of guanidine groups is 1. The van der Waals surface area contributed by atoms with E-state index in [1.165, 1.54) is 12.8 Å². The van der Waals surface area contributed by atoms with Crippen molar-refractivity contribution in [3.63, 3.8) is 0 Å². The molecule has 2 saturated heterocycles. The van der Waals surface area contributed by atoms with Gasteiger partial charge in [0.25, 0.3) is 0 Å². The molecule has 0 unspecified atom stereocenters. The van der Waals surface area contributed by atoms with Crippen molar-refractivity contribution in [1.82, 2.24) is 20.5 Å². The van der Waals surface area contributed by atoms with Gasteiger partial charge >= 0.3 is 0 Å². The monoisotopic (exact) mass is 374 g/mol. The van der Waals surface area contributed by atoms with E-state index in [0.29, 0.717) is 6.54 Å². The molecule has 1 aromatic heterocycles. The molecule has 0 aromatic carbocycles. The molecule has 3 heterocycles. The second kappa shape index (κ2) is 11.1. The minimum absolute atomic E-state index is 0.645. The Morgan fingerprint density at radius 2 is 1.96 bits per heavy atom. The third kappa shape index (κ3) is 6.66. The van der Waals surface area contributed by atoms with Crippen LogP contribution in [-0.4, -0.2) is 74.9 Å². The fraction of sp³-hybridized carbons (Fsp3) is 0.700. The van der Waals surface area contributed by atoms with Gasteiger partial charge in [-0.1, -0.05) is 6.07 Å². The Balaban J connectivity index is 1.42. The number of ether oxygens (including phenoxy) is 1. The molecule has 2 aliphatic rings. The summed E-state index contributed by atoms with van der Waals surface area (Å²) >= 11 is 0. The normalized spacial score (nSPS) is 18.7. The van der Waals surface area contributed by atoms with E-state index in [4.69, 9.17) is 9.73 Å². The fourth-order valence-corrected chi connectivity index (χ4v) is 3.49. The van der Waals surface area contributed by atoms with Crippen LogP contribution in [0.2, 0.25) is 0 Å². The SMILES string of the molecule is CCNC(=NCc1ccc(N2CCCC2)nc1)NCCCN1CCOCC1. The highest BCUT2D eigenvalue weighted by Gasteiger charge is 2.13. The molecule has 1 aromatic rings. The lowest BCUT2D eigenvalue weighted by Crippen LogP contribution is -2.40. The van der Waals surface area contributed by atoms with Crippen molar-refractivity contribution in [2.75, 3.05) is 63.9 Å². The first kappa shape index (κ1) is 19.9. The van der Waals surface area contributed by atoms with Gasteiger partial charge in [0, 0.05) is 45.5 Å². The second-order valence-electron chi connectivity index (χ2n) is 7.15. The van der Waals surface area contributed by atoms with Crippen molar-refractivity contribution in [3.8, 4) is 0 Å². The van der Waals surface area contributed by atoms with E-state index >= 15 is 0 Å². The fourth-order valence-electron chi connectivity index (χ4n) is 3.49. The van der Waals surface area contributed by atoms with Gasteiger partial charge in [-0.2, -0.15) is 0 Å². The lowest BCUT2D eigenvalue weighted by Gasteiger charge is -2.26. The molecule has 2 fully saturated rings. The van der Waals surface area contributed by atoms with E-state index in [-0.39, 0.29) is 0 Å². The summed E-state index contributed by atoms with van der Waals surface area (Å²) in [4.78, 5) is 14.1. The van der Waals surface area contributed by atoms with Gasteiger partial charge in [0.15, 0.2) is 5.96 Å². The van der Waals surface area contributed by atoms with Gasteiger partial charge in [0.2, 0.25) is 0 Å². The molecule has 0 saturated carbocycles. The van der Waals surface area contributed by atoms with E-state index in [9.17, 15) is 0 Å². The molecule has 0 atom stereocenters. The molecule has 7 heteroatoms. The van der Waals surface area contributed by atoms with E-state index < -0.39 is 0 Å². The van der Waals surface area contributed by atoms with Gasteiger partial charge in [-0.15, -0.1) is 0 Å². The summed E-state index contributed by atoms with van der Waals surface area (Å²) < 4.78 is 5.39. The molecule has 0 radical (unpaired) electrons. The number of aliphatic imine (C=N–C) groups is 1. The first-order valence-electron chi connectivity index (χ1n) is 10.4. The molecule has 2 aliphatic heterocycles. The Labute approximate surface area is 163 Å². The predicted octanol–water partition coefficient (Wildman–Crippen LogP) is 1.46. The van der Waals surface area contributed by atoms with Gasteiger partial charge in [-0.05, 0) is 44.4 Å². The van der Waals surface area contributed by atoms with Crippen LogP contribution in [-0.2, 0) is 11.3 Å². The van der Waals surface area contributed by atoms with Crippen LogP contribution in [0.5, 0.6) is 0 Å². The zero-order valence-corrected chi connectivity index (χ0v) is 16.6. The van der Waals surface area contributed by atoms with Crippen molar-refractivity contribution in [2.24, 2.45) is 4.99 Å². The molecule has 150 valence electrons. The zero-order chi connectivity index (χ0) is 18.7. The molecular formula is C20H34N6O. The van der Waals surface area contributed by atoms with Crippen LogP contribution in [0.3, 0.4) is 0 Å². The highest BCUT2D eigenvalue weighted by molar-refractivity contribution is 5.79. The van der Waals surface area contributed by atoms with E-state index in [0.717, 1.165) is 82.8 Å². The van der Waals surface area contributed by atoms with Gasteiger partial charge in [0.1, 0.15) is 5.82 Å². The Morgan fingerprint density at radius 1 is 1.15 bits per heavy atom. The zero-order valence-electron chi connectivity index (χ0n) is 16.6. The van der Waals surface area contributed by atoms with Gasteiger partial charge in [-0.3, -0.25) is 4.90 Å². The highest BCUT2D eigenvalue weighted by atomic mass is 16.5. The number of hydrogen-bond acceptors (Lipinski definition) is 5. The summed E-state index contributed by atoms with van der Waals surface area (Å²) in [6, 6.07) is 4.27. The predicted molar refractivity (Wildman–Crippen MR) is 110 cm³/mol. The second-order valence-corrected chi connectivity index (χ2v) is 7.15. The summed E-state index contributed by atoms with van der Waals surface area (Å²) in [6.07, 6.45) is 5.61. The van der Waals surface area contributed by atoms with Crippen LogP contribution < -0.4 is 15.5 Å². The van der Waals surface area contributed by atoms with Crippen LogP contribution >= 0.6 is 0 Å². The number of nitrogens with one attached hydrogen (secondary N) is 2. The average molecular weight is 375 g/mol. The van der Waals surface area contributed by atoms with Crippen molar-refractivity contribution < 1.29 is 4.74 Å². The van der Waals surface area contributed by atoms with Gasteiger partial charge in [-0.25, -0.2) is 9.98 Å². The Kier molecular flexibility index (Phi) is 8.17. The molecule has 0 amide bonds. The number of hydrogen-bond donors (Lipinski definition) is 2. The van der Waals surface area contributed by atoms with Crippen molar-refractivity contribution >= 4 is 11.8 Å².